The smallest absolute Gasteiger partial charge is 0.261 e. The van der Waals surface area contributed by atoms with Gasteiger partial charge >= 0.3 is 0 Å². The number of benzene rings is 2. The summed E-state index contributed by atoms with van der Waals surface area (Å²) in [5, 5.41) is 12.2. The molecule has 0 aliphatic carbocycles. The molecule has 1 amide bonds. The molecule has 0 radical (unpaired) electrons. The molecule has 27 heavy (non-hydrogen) atoms. The molecule has 0 atom stereocenters. The van der Waals surface area contributed by atoms with Gasteiger partial charge in [-0.05, 0) is 43.7 Å². The summed E-state index contributed by atoms with van der Waals surface area (Å²) in [5.74, 6) is 0.167. The van der Waals surface area contributed by atoms with Gasteiger partial charge in [-0.15, -0.1) is 0 Å². The van der Waals surface area contributed by atoms with Crippen LogP contribution in [0.4, 0.5) is 17.3 Å². The molecule has 1 aromatic heterocycles. The van der Waals surface area contributed by atoms with Gasteiger partial charge in [0.05, 0.1) is 16.8 Å². The maximum absolute atomic E-state index is 12.8. The van der Waals surface area contributed by atoms with Crippen LogP contribution in [-0.4, -0.2) is 22.4 Å². The number of para-hydroxylation sites is 1. The summed E-state index contributed by atoms with van der Waals surface area (Å²) in [6, 6.07) is 17.0. The molecule has 0 fully saturated rings. The van der Waals surface area contributed by atoms with Crippen molar-refractivity contribution in [2.75, 3.05) is 16.8 Å². The van der Waals surface area contributed by atoms with Gasteiger partial charge in [-0.25, -0.2) is 9.97 Å². The molecule has 1 N–H and O–H groups in total. The van der Waals surface area contributed by atoms with Gasteiger partial charge in [-0.2, -0.15) is 5.26 Å². The number of carbonyl (C=O) groups is 1. The van der Waals surface area contributed by atoms with Crippen LogP contribution in [0.25, 0.3) is 0 Å². The third-order valence-electron chi connectivity index (χ3n) is 4.07. The van der Waals surface area contributed by atoms with Gasteiger partial charge in [0.25, 0.3) is 5.91 Å². The number of aryl methyl sites for hydroxylation is 1. The second-order valence-electron chi connectivity index (χ2n) is 5.97. The summed E-state index contributed by atoms with van der Waals surface area (Å²) in [4.78, 5) is 23.0. The first-order chi connectivity index (χ1) is 13.1. The van der Waals surface area contributed by atoms with Gasteiger partial charge in [0, 0.05) is 24.6 Å². The molecule has 1 heterocycles. The van der Waals surface area contributed by atoms with Gasteiger partial charge in [0.1, 0.15) is 6.07 Å². The van der Waals surface area contributed by atoms with E-state index >= 15 is 0 Å². The molecular weight excluding hydrogens is 338 g/mol. The van der Waals surface area contributed by atoms with Crippen LogP contribution in [0.1, 0.15) is 28.4 Å². The second kappa shape index (κ2) is 8.11. The van der Waals surface area contributed by atoms with Gasteiger partial charge in [-0.3, -0.25) is 4.79 Å². The van der Waals surface area contributed by atoms with E-state index in [2.05, 4.69) is 21.4 Å². The van der Waals surface area contributed by atoms with Crippen molar-refractivity contribution in [1.82, 2.24) is 9.97 Å². The third kappa shape index (κ3) is 4.10. The Kier molecular flexibility index (Phi) is 5.43. The van der Waals surface area contributed by atoms with Gasteiger partial charge in [0.2, 0.25) is 5.95 Å². The van der Waals surface area contributed by atoms with E-state index in [0.717, 1.165) is 11.3 Å². The van der Waals surface area contributed by atoms with E-state index < -0.39 is 0 Å². The second-order valence-corrected chi connectivity index (χ2v) is 5.97. The van der Waals surface area contributed by atoms with Crippen LogP contribution >= 0.6 is 0 Å². The van der Waals surface area contributed by atoms with Crippen molar-refractivity contribution in [2.45, 2.75) is 13.8 Å². The van der Waals surface area contributed by atoms with E-state index in [9.17, 15) is 4.79 Å². The highest BCUT2D eigenvalue weighted by molar-refractivity contribution is 6.05. The van der Waals surface area contributed by atoms with Crippen molar-refractivity contribution >= 4 is 23.2 Å². The standard InChI is InChI=1S/C21H19N5O/c1-3-26(18-9-6-7-15(2)11-18)20(27)17-13-23-21(24-14-17)25-19-10-5-4-8-16(19)12-22/h4-11,13-14H,3H2,1-2H3,(H,23,24,25). The number of hydrogen-bond donors (Lipinski definition) is 1. The molecule has 6 heteroatoms. The number of rotatable bonds is 5. The number of nitrogens with one attached hydrogen (secondary N) is 1. The van der Waals surface area contributed by atoms with E-state index in [-0.39, 0.29) is 5.91 Å². The molecule has 6 nitrogen and oxygen atoms in total. The molecule has 0 spiro atoms. The fraction of sp³-hybridized carbons (Fsp3) is 0.143. The summed E-state index contributed by atoms with van der Waals surface area (Å²) >= 11 is 0. The molecule has 0 aliphatic heterocycles. The molecular formula is C21H19N5O. The summed E-state index contributed by atoms with van der Waals surface area (Å²) < 4.78 is 0. The highest BCUT2D eigenvalue weighted by Gasteiger charge is 2.17. The first kappa shape index (κ1) is 18.1. The van der Waals surface area contributed by atoms with Crippen LogP contribution in [-0.2, 0) is 0 Å². The zero-order valence-electron chi connectivity index (χ0n) is 15.2. The molecule has 2 aromatic carbocycles. The largest absolute Gasteiger partial charge is 0.323 e. The Morgan fingerprint density at radius 3 is 2.56 bits per heavy atom. The quantitative estimate of drug-likeness (QED) is 0.744. The van der Waals surface area contributed by atoms with Gasteiger partial charge in [-0.1, -0.05) is 24.3 Å². The number of nitrogens with zero attached hydrogens (tertiary/aromatic N) is 4. The maximum Gasteiger partial charge on any atom is 0.261 e. The average molecular weight is 357 g/mol. The van der Waals surface area contributed by atoms with Crippen LogP contribution < -0.4 is 10.2 Å². The molecule has 0 saturated heterocycles. The summed E-state index contributed by atoms with van der Waals surface area (Å²) in [7, 11) is 0. The summed E-state index contributed by atoms with van der Waals surface area (Å²) in [6.07, 6.45) is 2.98. The van der Waals surface area contributed by atoms with E-state index in [1.54, 1.807) is 23.1 Å². The lowest BCUT2D eigenvalue weighted by Gasteiger charge is -2.21. The predicted octanol–water partition coefficient (Wildman–Crippen LogP) is 4.07. The molecule has 3 aromatic rings. The first-order valence-electron chi connectivity index (χ1n) is 8.59. The van der Waals surface area contributed by atoms with Crippen molar-refractivity contribution in [3.05, 3.63) is 77.6 Å². The van der Waals surface area contributed by atoms with Crippen LogP contribution in [0.15, 0.2) is 60.9 Å². The highest BCUT2D eigenvalue weighted by atomic mass is 16.2. The minimum absolute atomic E-state index is 0.160. The fourth-order valence-corrected chi connectivity index (χ4v) is 2.71. The molecule has 0 unspecified atom stereocenters. The fourth-order valence-electron chi connectivity index (χ4n) is 2.71. The predicted molar refractivity (Wildman–Crippen MR) is 105 cm³/mol. The Labute approximate surface area is 158 Å². The Hall–Kier alpha value is -3.72. The molecule has 134 valence electrons. The summed E-state index contributed by atoms with van der Waals surface area (Å²) in [6.45, 7) is 4.46. The molecule has 0 aliphatic rings. The number of amides is 1. The van der Waals surface area contributed by atoms with Crippen molar-refractivity contribution in [2.24, 2.45) is 0 Å². The Morgan fingerprint density at radius 2 is 1.89 bits per heavy atom. The Balaban J connectivity index is 1.80. The van der Waals surface area contributed by atoms with Crippen LogP contribution in [0.5, 0.6) is 0 Å². The lowest BCUT2D eigenvalue weighted by atomic mass is 10.2. The number of carbonyl (C=O) groups excluding carboxylic acids is 1. The number of nitriles is 1. The summed E-state index contributed by atoms with van der Waals surface area (Å²) in [5.41, 5.74) is 3.45. The maximum atomic E-state index is 12.8. The van der Waals surface area contributed by atoms with Crippen LogP contribution in [0.2, 0.25) is 0 Å². The Morgan fingerprint density at radius 1 is 1.15 bits per heavy atom. The normalized spacial score (nSPS) is 10.1. The van der Waals surface area contributed by atoms with Gasteiger partial charge < -0.3 is 10.2 Å². The monoisotopic (exact) mass is 357 g/mol. The van der Waals surface area contributed by atoms with Crippen LogP contribution in [0, 0.1) is 18.3 Å². The van der Waals surface area contributed by atoms with E-state index in [0.29, 0.717) is 29.3 Å². The van der Waals surface area contributed by atoms with Gasteiger partial charge in [0.15, 0.2) is 0 Å². The molecule has 3 rings (SSSR count). The van der Waals surface area contributed by atoms with Crippen molar-refractivity contribution < 1.29 is 4.79 Å². The highest BCUT2D eigenvalue weighted by Crippen LogP contribution is 2.20. The number of anilines is 3. The SMILES string of the molecule is CCN(C(=O)c1cnc(Nc2ccccc2C#N)nc1)c1cccc(C)c1. The lowest BCUT2D eigenvalue weighted by Crippen LogP contribution is -2.30. The zero-order chi connectivity index (χ0) is 19.2. The van der Waals surface area contributed by atoms with Crippen LogP contribution in [0.3, 0.4) is 0 Å². The van der Waals surface area contributed by atoms with Crippen molar-refractivity contribution in [3.63, 3.8) is 0 Å². The van der Waals surface area contributed by atoms with Crippen molar-refractivity contribution in [1.29, 1.82) is 5.26 Å². The van der Waals surface area contributed by atoms with E-state index in [1.165, 1.54) is 12.4 Å². The lowest BCUT2D eigenvalue weighted by molar-refractivity contribution is 0.0987. The minimum atomic E-state index is -0.160. The number of aromatic nitrogens is 2. The molecule has 0 saturated carbocycles. The number of hydrogen-bond acceptors (Lipinski definition) is 5. The van der Waals surface area contributed by atoms with Crippen molar-refractivity contribution in [3.8, 4) is 6.07 Å². The van der Waals surface area contributed by atoms with E-state index in [1.807, 2.05) is 44.2 Å². The zero-order valence-corrected chi connectivity index (χ0v) is 15.2. The first-order valence-corrected chi connectivity index (χ1v) is 8.59. The average Bonchev–Trinajstić information content (AvgIpc) is 2.69. The topological polar surface area (TPSA) is 81.9 Å². The van der Waals surface area contributed by atoms with E-state index in [4.69, 9.17) is 5.26 Å². The minimum Gasteiger partial charge on any atom is -0.323 e. The third-order valence-corrected chi connectivity index (χ3v) is 4.07. The molecule has 0 bridgehead atoms. The Bertz CT molecular complexity index is 992.